The lowest BCUT2D eigenvalue weighted by molar-refractivity contribution is -0.250. The van der Waals surface area contributed by atoms with Gasteiger partial charge >= 0.3 is 6.11 Å². The van der Waals surface area contributed by atoms with E-state index in [9.17, 15) is 22.0 Å². The molecule has 0 aliphatic heterocycles. The van der Waals surface area contributed by atoms with Gasteiger partial charge in [0.05, 0.1) is 0 Å². The van der Waals surface area contributed by atoms with Gasteiger partial charge in [-0.05, 0) is 19.1 Å². The second-order valence-electron chi connectivity index (χ2n) is 2.69. The van der Waals surface area contributed by atoms with Crippen molar-refractivity contribution in [3.63, 3.8) is 0 Å². The standard InChI is InChI=1S/C9H6F5NO/c1-2-15-16-9(13,14)5-3-4-6(10)8(12)7(5)11/h2-4H,1H3. The lowest BCUT2D eigenvalue weighted by Crippen LogP contribution is -2.18. The van der Waals surface area contributed by atoms with Crippen LogP contribution < -0.4 is 0 Å². The molecule has 1 aromatic carbocycles. The Morgan fingerprint density at radius 2 is 1.81 bits per heavy atom. The third kappa shape index (κ3) is 2.29. The minimum atomic E-state index is -4.16. The fraction of sp³-hybridized carbons (Fsp3) is 0.222. The fourth-order valence-corrected chi connectivity index (χ4v) is 0.919. The molecule has 0 radical (unpaired) electrons. The minimum absolute atomic E-state index is 0.376. The van der Waals surface area contributed by atoms with Crippen molar-refractivity contribution in [2.75, 3.05) is 0 Å². The first-order valence-corrected chi connectivity index (χ1v) is 4.08. The largest absolute Gasteiger partial charge is 0.449 e. The number of halogens is 5. The van der Waals surface area contributed by atoms with Crippen molar-refractivity contribution >= 4 is 6.21 Å². The van der Waals surface area contributed by atoms with Gasteiger partial charge in [-0.25, -0.2) is 13.2 Å². The Labute approximate surface area is 87.3 Å². The van der Waals surface area contributed by atoms with Crippen LogP contribution in [-0.4, -0.2) is 6.21 Å². The third-order valence-corrected chi connectivity index (χ3v) is 1.62. The van der Waals surface area contributed by atoms with Crippen LogP contribution in [0.2, 0.25) is 0 Å². The van der Waals surface area contributed by atoms with E-state index in [-0.39, 0.29) is 0 Å². The SMILES string of the molecule is CC=NOC(F)(F)c1ccc(F)c(F)c1F. The molecule has 0 fully saturated rings. The summed E-state index contributed by atoms with van der Waals surface area (Å²) in [6, 6.07) is 0.763. The summed E-state index contributed by atoms with van der Waals surface area (Å²) >= 11 is 0. The van der Waals surface area contributed by atoms with Gasteiger partial charge in [-0.3, -0.25) is 0 Å². The molecule has 0 bridgehead atoms. The molecule has 1 rings (SSSR count). The van der Waals surface area contributed by atoms with Crippen LogP contribution in [0.1, 0.15) is 12.5 Å². The van der Waals surface area contributed by atoms with E-state index in [1.807, 2.05) is 0 Å². The number of oxime groups is 1. The van der Waals surface area contributed by atoms with E-state index in [4.69, 9.17) is 0 Å². The lowest BCUT2D eigenvalue weighted by Gasteiger charge is -2.14. The Kier molecular flexibility index (Phi) is 3.46. The first kappa shape index (κ1) is 12.4. The topological polar surface area (TPSA) is 21.6 Å². The Bertz CT molecular complexity index is 419. The molecule has 7 heteroatoms. The highest BCUT2D eigenvalue weighted by molar-refractivity contribution is 5.52. The quantitative estimate of drug-likeness (QED) is 0.343. The first-order chi connectivity index (χ1) is 7.40. The summed E-state index contributed by atoms with van der Waals surface area (Å²) in [6.45, 7) is 1.29. The van der Waals surface area contributed by atoms with Crippen molar-refractivity contribution in [3.8, 4) is 0 Å². The number of hydrogen-bond acceptors (Lipinski definition) is 2. The van der Waals surface area contributed by atoms with Gasteiger partial charge in [0.25, 0.3) is 0 Å². The van der Waals surface area contributed by atoms with Crippen LogP contribution in [0.3, 0.4) is 0 Å². The lowest BCUT2D eigenvalue weighted by atomic mass is 10.2. The summed E-state index contributed by atoms with van der Waals surface area (Å²) in [5.41, 5.74) is -1.42. The van der Waals surface area contributed by atoms with Crippen LogP contribution in [0.25, 0.3) is 0 Å². The molecular weight excluding hydrogens is 233 g/mol. The summed E-state index contributed by atoms with van der Waals surface area (Å²) in [5, 5.41) is 2.76. The van der Waals surface area contributed by atoms with Crippen LogP contribution in [0.4, 0.5) is 22.0 Å². The fourth-order valence-electron chi connectivity index (χ4n) is 0.919. The van der Waals surface area contributed by atoms with Crippen LogP contribution in [0, 0.1) is 17.5 Å². The zero-order valence-corrected chi connectivity index (χ0v) is 7.98. The number of benzene rings is 1. The predicted molar refractivity (Wildman–Crippen MR) is 45.5 cm³/mol. The van der Waals surface area contributed by atoms with E-state index in [2.05, 4.69) is 9.99 Å². The molecular formula is C9H6F5NO. The van der Waals surface area contributed by atoms with Crippen molar-refractivity contribution in [2.24, 2.45) is 5.16 Å². The highest BCUT2D eigenvalue weighted by atomic mass is 19.3. The van der Waals surface area contributed by atoms with E-state index in [1.54, 1.807) is 0 Å². The van der Waals surface area contributed by atoms with Crippen molar-refractivity contribution in [1.29, 1.82) is 0 Å². The monoisotopic (exact) mass is 239 g/mol. The van der Waals surface area contributed by atoms with Gasteiger partial charge in [0, 0.05) is 6.21 Å². The molecule has 0 amide bonds. The van der Waals surface area contributed by atoms with E-state index in [0.717, 1.165) is 6.21 Å². The maximum atomic E-state index is 13.1. The van der Waals surface area contributed by atoms with Crippen molar-refractivity contribution < 1.29 is 26.8 Å². The van der Waals surface area contributed by atoms with Gasteiger partial charge in [0.1, 0.15) is 5.56 Å². The molecule has 0 aliphatic rings. The van der Waals surface area contributed by atoms with Gasteiger partial charge in [0.15, 0.2) is 17.5 Å². The first-order valence-electron chi connectivity index (χ1n) is 4.08. The zero-order chi connectivity index (χ0) is 12.3. The van der Waals surface area contributed by atoms with Crippen LogP contribution >= 0.6 is 0 Å². The van der Waals surface area contributed by atoms with Gasteiger partial charge in [-0.2, -0.15) is 8.78 Å². The van der Waals surface area contributed by atoms with Crippen LogP contribution in [-0.2, 0) is 10.9 Å². The molecule has 16 heavy (non-hydrogen) atoms. The molecule has 2 nitrogen and oxygen atoms in total. The summed E-state index contributed by atoms with van der Waals surface area (Å²) in [5.74, 6) is -5.55. The molecule has 0 aromatic heterocycles. The summed E-state index contributed by atoms with van der Waals surface area (Å²) in [7, 11) is 0. The van der Waals surface area contributed by atoms with Crippen LogP contribution in [0.15, 0.2) is 17.3 Å². The van der Waals surface area contributed by atoms with Crippen molar-refractivity contribution in [3.05, 3.63) is 35.1 Å². The second-order valence-corrected chi connectivity index (χ2v) is 2.69. The number of hydrogen-bond donors (Lipinski definition) is 0. The van der Waals surface area contributed by atoms with Crippen molar-refractivity contribution in [2.45, 2.75) is 13.0 Å². The van der Waals surface area contributed by atoms with E-state index < -0.39 is 29.1 Å². The molecule has 0 unspecified atom stereocenters. The van der Waals surface area contributed by atoms with Gasteiger partial charge in [-0.15, -0.1) is 0 Å². The Morgan fingerprint density at radius 3 is 2.38 bits per heavy atom. The Balaban J connectivity index is 3.18. The molecule has 0 saturated heterocycles. The predicted octanol–water partition coefficient (Wildman–Crippen LogP) is 3.18. The minimum Gasteiger partial charge on any atom is -0.318 e. The summed E-state index contributed by atoms with van der Waals surface area (Å²) in [6.07, 6.45) is -3.27. The maximum Gasteiger partial charge on any atom is 0.449 e. The molecule has 88 valence electrons. The normalized spacial score (nSPS) is 12.1. The molecule has 0 atom stereocenters. The molecule has 0 saturated carbocycles. The molecule has 0 spiro atoms. The number of alkyl halides is 2. The summed E-state index contributed by atoms with van der Waals surface area (Å²) in [4.78, 5) is 3.65. The smallest absolute Gasteiger partial charge is 0.318 e. The highest BCUT2D eigenvalue weighted by Gasteiger charge is 2.39. The Morgan fingerprint density at radius 1 is 1.19 bits per heavy atom. The third-order valence-electron chi connectivity index (χ3n) is 1.62. The van der Waals surface area contributed by atoms with Gasteiger partial charge in [-0.1, -0.05) is 5.16 Å². The molecule has 1 aromatic rings. The summed E-state index contributed by atoms with van der Waals surface area (Å²) < 4.78 is 64.2. The van der Waals surface area contributed by atoms with E-state index in [0.29, 0.717) is 12.1 Å². The average Bonchev–Trinajstić information content (AvgIpc) is 2.23. The number of rotatable bonds is 3. The highest BCUT2D eigenvalue weighted by Crippen LogP contribution is 2.32. The maximum absolute atomic E-state index is 13.1. The zero-order valence-electron chi connectivity index (χ0n) is 7.98. The van der Waals surface area contributed by atoms with Gasteiger partial charge in [0.2, 0.25) is 0 Å². The Hall–Kier alpha value is -1.66. The van der Waals surface area contributed by atoms with Crippen molar-refractivity contribution in [1.82, 2.24) is 0 Å². The second kappa shape index (κ2) is 4.46. The molecule has 0 aliphatic carbocycles. The van der Waals surface area contributed by atoms with E-state index >= 15 is 0 Å². The van der Waals surface area contributed by atoms with Gasteiger partial charge < -0.3 is 4.84 Å². The number of nitrogens with zero attached hydrogens (tertiary/aromatic N) is 1. The molecule has 0 N–H and O–H groups in total. The average molecular weight is 239 g/mol. The molecule has 0 heterocycles. The van der Waals surface area contributed by atoms with E-state index in [1.165, 1.54) is 6.92 Å². The van der Waals surface area contributed by atoms with Crippen LogP contribution in [0.5, 0.6) is 0 Å².